The lowest BCUT2D eigenvalue weighted by Gasteiger charge is -2.34. The van der Waals surface area contributed by atoms with Crippen LogP contribution in [0, 0.1) is 0 Å². The fourth-order valence-corrected chi connectivity index (χ4v) is 4.16. The predicted molar refractivity (Wildman–Crippen MR) is 89.8 cm³/mol. The molecule has 0 aliphatic carbocycles. The number of thiocarbonyl (C=S) groups is 1. The summed E-state index contributed by atoms with van der Waals surface area (Å²) < 4.78 is 5.54. The Morgan fingerprint density at radius 1 is 1.52 bits per heavy atom. The van der Waals surface area contributed by atoms with E-state index in [1.807, 2.05) is 12.1 Å². The smallest absolute Gasteiger partial charge is 0.302 e. The number of halogens is 1. The van der Waals surface area contributed by atoms with Crippen LogP contribution < -0.4 is 4.90 Å². The first-order chi connectivity index (χ1) is 9.82. The number of hydrogen-bond donors (Lipinski definition) is 1. The van der Waals surface area contributed by atoms with Crippen LogP contribution in [0.1, 0.15) is 20.3 Å². The van der Waals surface area contributed by atoms with Crippen molar-refractivity contribution in [1.29, 1.82) is 0 Å². The molecule has 1 N–H and O–H groups in total. The van der Waals surface area contributed by atoms with Gasteiger partial charge in [0.05, 0.1) is 11.9 Å². The van der Waals surface area contributed by atoms with E-state index in [-0.39, 0.29) is 17.8 Å². The Morgan fingerprint density at radius 2 is 2.14 bits per heavy atom. The number of aliphatic hydroxyl groups is 1. The molecule has 1 aromatic carbocycles. The van der Waals surface area contributed by atoms with E-state index in [1.165, 1.54) is 18.7 Å². The zero-order valence-corrected chi connectivity index (χ0v) is 14.1. The average Bonchev–Trinajstić information content (AvgIpc) is 2.61. The van der Waals surface area contributed by atoms with E-state index in [4.69, 9.17) is 28.6 Å². The molecule has 4 nitrogen and oxygen atoms in total. The second-order valence-corrected chi connectivity index (χ2v) is 7.18. The number of rotatable bonds is 4. The molecule has 1 fully saturated rings. The van der Waals surface area contributed by atoms with Gasteiger partial charge in [0.25, 0.3) is 0 Å². The summed E-state index contributed by atoms with van der Waals surface area (Å²) in [5, 5.41) is 11.3. The number of ether oxygens (including phenoxy) is 1. The molecule has 2 unspecified atom stereocenters. The average molecular weight is 346 g/mol. The van der Waals surface area contributed by atoms with Crippen LogP contribution in [-0.4, -0.2) is 33.0 Å². The number of esters is 1. The Hall–Kier alpha value is -0.820. The van der Waals surface area contributed by atoms with Gasteiger partial charge in [-0.15, -0.1) is 0 Å². The van der Waals surface area contributed by atoms with Gasteiger partial charge >= 0.3 is 5.97 Å². The number of nitrogens with zero attached hydrogens (tertiary/aromatic N) is 1. The number of benzene rings is 1. The fourth-order valence-electron chi connectivity index (χ4n) is 2.21. The van der Waals surface area contributed by atoms with Crippen molar-refractivity contribution in [2.45, 2.75) is 31.2 Å². The first kappa shape index (κ1) is 16.5. The Kier molecular flexibility index (Phi) is 5.14. The molecule has 2 rings (SSSR count). The van der Waals surface area contributed by atoms with Gasteiger partial charge in [0, 0.05) is 17.6 Å². The zero-order valence-electron chi connectivity index (χ0n) is 11.7. The van der Waals surface area contributed by atoms with Gasteiger partial charge in [0.1, 0.15) is 4.32 Å². The molecule has 1 aromatic rings. The highest BCUT2D eigenvalue weighted by atomic mass is 35.5. The van der Waals surface area contributed by atoms with Gasteiger partial charge in [-0.1, -0.05) is 35.6 Å². The minimum absolute atomic E-state index is 0.167. The molecule has 1 aliphatic rings. The largest absolute Gasteiger partial charge is 0.466 e. The van der Waals surface area contributed by atoms with E-state index in [1.54, 1.807) is 24.0 Å². The molecular weight excluding hydrogens is 330 g/mol. The van der Waals surface area contributed by atoms with E-state index < -0.39 is 5.72 Å². The van der Waals surface area contributed by atoms with Crippen molar-refractivity contribution >= 4 is 51.6 Å². The monoisotopic (exact) mass is 345 g/mol. The summed E-state index contributed by atoms with van der Waals surface area (Å²) in [6.07, 6.45) is 0.529. The third-order valence-electron chi connectivity index (χ3n) is 3.26. The quantitative estimate of drug-likeness (QED) is 0.668. The lowest BCUT2D eigenvalue weighted by molar-refractivity contribution is -0.141. The molecule has 0 saturated carbocycles. The lowest BCUT2D eigenvalue weighted by atomic mass is 10.1. The highest BCUT2D eigenvalue weighted by molar-refractivity contribution is 8.24. The van der Waals surface area contributed by atoms with E-state index in [9.17, 15) is 9.90 Å². The maximum Gasteiger partial charge on any atom is 0.302 e. The van der Waals surface area contributed by atoms with Crippen LogP contribution in [0.25, 0.3) is 0 Å². The van der Waals surface area contributed by atoms with Crippen LogP contribution in [-0.2, 0) is 9.53 Å². The molecule has 0 amide bonds. The second-order valence-electron chi connectivity index (χ2n) is 4.91. The fraction of sp³-hybridized carbons (Fsp3) is 0.429. The molecule has 21 heavy (non-hydrogen) atoms. The van der Waals surface area contributed by atoms with Gasteiger partial charge < -0.3 is 9.84 Å². The molecule has 0 radical (unpaired) electrons. The van der Waals surface area contributed by atoms with Crippen LogP contribution in [0.5, 0.6) is 0 Å². The summed E-state index contributed by atoms with van der Waals surface area (Å²) in [4.78, 5) is 12.5. The highest BCUT2D eigenvalue weighted by Gasteiger charge is 2.47. The SMILES string of the molecule is CC(=O)OCCC1SC(=S)N(c2ccc(Cl)cc2)C1(C)O. The van der Waals surface area contributed by atoms with E-state index >= 15 is 0 Å². The number of hydrogen-bond acceptors (Lipinski definition) is 5. The van der Waals surface area contributed by atoms with Crippen LogP contribution in [0.3, 0.4) is 0 Å². The molecule has 2 atom stereocenters. The first-order valence-corrected chi connectivity index (χ1v) is 8.11. The van der Waals surface area contributed by atoms with Crippen molar-refractivity contribution in [1.82, 2.24) is 0 Å². The van der Waals surface area contributed by atoms with Gasteiger partial charge in [-0.25, -0.2) is 0 Å². The van der Waals surface area contributed by atoms with Gasteiger partial charge in [0.15, 0.2) is 5.72 Å². The van der Waals surface area contributed by atoms with Crippen molar-refractivity contribution in [2.24, 2.45) is 0 Å². The van der Waals surface area contributed by atoms with Crippen LogP contribution in [0.2, 0.25) is 5.02 Å². The third kappa shape index (κ3) is 3.69. The molecule has 114 valence electrons. The Labute approximate surface area is 138 Å². The Bertz CT molecular complexity index is 548. The molecule has 0 aromatic heterocycles. The number of carbonyl (C=O) groups is 1. The standard InChI is InChI=1S/C14H16ClNO3S2/c1-9(17)19-8-7-12-14(2,18)16(13(20)21-12)11-5-3-10(15)4-6-11/h3-6,12,18H,7-8H2,1-2H3. The highest BCUT2D eigenvalue weighted by Crippen LogP contribution is 2.43. The van der Waals surface area contributed by atoms with Crippen molar-refractivity contribution in [2.75, 3.05) is 11.5 Å². The molecular formula is C14H16ClNO3S2. The van der Waals surface area contributed by atoms with Gasteiger partial charge in [-0.3, -0.25) is 9.69 Å². The number of anilines is 1. The molecule has 0 bridgehead atoms. The van der Waals surface area contributed by atoms with Gasteiger partial charge in [0.2, 0.25) is 0 Å². The zero-order chi connectivity index (χ0) is 15.6. The van der Waals surface area contributed by atoms with E-state index in [0.717, 1.165) is 5.69 Å². The number of thioether (sulfide) groups is 1. The van der Waals surface area contributed by atoms with E-state index in [0.29, 0.717) is 15.8 Å². The van der Waals surface area contributed by atoms with Gasteiger partial charge in [-0.2, -0.15) is 0 Å². The maximum atomic E-state index is 10.8. The third-order valence-corrected chi connectivity index (χ3v) is 5.33. The number of carbonyl (C=O) groups excluding carboxylic acids is 1. The van der Waals surface area contributed by atoms with Crippen molar-refractivity contribution < 1.29 is 14.6 Å². The van der Waals surface area contributed by atoms with Crippen molar-refractivity contribution in [3.8, 4) is 0 Å². The molecule has 0 spiro atoms. The maximum absolute atomic E-state index is 10.8. The summed E-state index contributed by atoms with van der Waals surface area (Å²) >= 11 is 12.7. The Morgan fingerprint density at radius 3 is 2.71 bits per heavy atom. The topological polar surface area (TPSA) is 49.8 Å². The lowest BCUT2D eigenvalue weighted by Crippen LogP contribution is -2.49. The van der Waals surface area contributed by atoms with Crippen LogP contribution in [0.15, 0.2) is 24.3 Å². The van der Waals surface area contributed by atoms with Crippen LogP contribution >= 0.6 is 35.6 Å². The van der Waals surface area contributed by atoms with E-state index in [2.05, 4.69) is 0 Å². The van der Waals surface area contributed by atoms with Crippen molar-refractivity contribution in [3.63, 3.8) is 0 Å². The first-order valence-electron chi connectivity index (χ1n) is 6.44. The molecule has 1 saturated heterocycles. The molecule has 7 heteroatoms. The Balaban J connectivity index is 2.14. The van der Waals surface area contributed by atoms with Gasteiger partial charge in [-0.05, 0) is 37.6 Å². The summed E-state index contributed by atoms with van der Waals surface area (Å²) in [6, 6.07) is 7.15. The summed E-state index contributed by atoms with van der Waals surface area (Å²) in [5.41, 5.74) is -0.354. The van der Waals surface area contributed by atoms with Crippen LogP contribution in [0.4, 0.5) is 5.69 Å². The summed E-state index contributed by atoms with van der Waals surface area (Å²) in [6.45, 7) is 3.34. The summed E-state index contributed by atoms with van der Waals surface area (Å²) in [7, 11) is 0. The predicted octanol–water partition coefficient (Wildman–Crippen LogP) is 3.21. The minimum atomic E-state index is -1.14. The summed E-state index contributed by atoms with van der Waals surface area (Å²) in [5.74, 6) is -0.324. The normalized spacial score (nSPS) is 25.2. The minimum Gasteiger partial charge on any atom is -0.466 e. The van der Waals surface area contributed by atoms with Crippen molar-refractivity contribution in [3.05, 3.63) is 29.3 Å². The second kappa shape index (κ2) is 6.52. The molecule has 1 aliphatic heterocycles. The molecule has 1 heterocycles.